The number of rotatable bonds is 12. The van der Waals surface area contributed by atoms with Crippen molar-refractivity contribution >= 4 is 10.8 Å². The Labute approximate surface area is 202 Å². The van der Waals surface area contributed by atoms with Crippen LogP contribution in [0.1, 0.15) is 31.7 Å². The summed E-state index contributed by atoms with van der Waals surface area (Å²) < 4.78 is 24.1. The zero-order valence-electron chi connectivity index (χ0n) is 19.9. The molecule has 0 fully saturated rings. The van der Waals surface area contributed by atoms with Crippen molar-refractivity contribution in [2.45, 2.75) is 32.5 Å². The molecule has 2 atom stereocenters. The Morgan fingerprint density at radius 2 is 1.41 bits per heavy atom. The molecule has 2 unspecified atom stereocenters. The summed E-state index contributed by atoms with van der Waals surface area (Å²) >= 11 is 0. The van der Waals surface area contributed by atoms with Gasteiger partial charge in [0.1, 0.15) is 23.9 Å². The highest BCUT2D eigenvalue weighted by atomic mass is 16.7. The van der Waals surface area contributed by atoms with Gasteiger partial charge in [-0.3, -0.25) is 0 Å². The van der Waals surface area contributed by atoms with Gasteiger partial charge in [0, 0.05) is 5.39 Å². The van der Waals surface area contributed by atoms with E-state index in [0.29, 0.717) is 19.1 Å². The van der Waals surface area contributed by atoms with Crippen molar-refractivity contribution in [1.82, 2.24) is 0 Å². The molecule has 0 aromatic heterocycles. The molecule has 34 heavy (non-hydrogen) atoms. The molecular weight excluding hydrogens is 424 g/mol. The first-order valence-corrected chi connectivity index (χ1v) is 11.9. The standard InChI is InChI=1S/C30H32O4/c1-3-23(2)24-16-18-27(19-17-24)34-30(22-33-26-12-5-4-6-13-26)32-21-20-31-29-15-9-11-25-10-7-8-14-28(25)29/h4-19,23,30H,3,20-22H2,1-2H3. The smallest absolute Gasteiger partial charge is 0.234 e. The lowest BCUT2D eigenvalue weighted by Crippen LogP contribution is -2.29. The minimum atomic E-state index is -0.564. The van der Waals surface area contributed by atoms with E-state index in [4.69, 9.17) is 18.9 Å². The molecule has 4 rings (SSSR count). The van der Waals surface area contributed by atoms with Gasteiger partial charge in [0.15, 0.2) is 6.61 Å². The molecule has 0 aliphatic heterocycles. The zero-order valence-corrected chi connectivity index (χ0v) is 19.9. The van der Waals surface area contributed by atoms with Gasteiger partial charge in [-0.15, -0.1) is 0 Å². The molecule has 0 saturated heterocycles. The Morgan fingerprint density at radius 3 is 2.21 bits per heavy atom. The van der Waals surface area contributed by atoms with E-state index in [-0.39, 0.29) is 6.61 Å². The molecule has 0 bridgehead atoms. The van der Waals surface area contributed by atoms with Crippen molar-refractivity contribution in [2.24, 2.45) is 0 Å². The Kier molecular flexibility index (Phi) is 8.42. The van der Waals surface area contributed by atoms with E-state index in [0.717, 1.165) is 34.4 Å². The molecule has 0 aliphatic carbocycles. The first-order valence-electron chi connectivity index (χ1n) is 11.9. The van der Waals surface area contributed by atoms with Crippen LogP contribution in [0, 0.1) is 0 Å². The second-order valence-corrected chi connectivity index (χ2v) is 8.25. The van der Waals surface area contributed by atoms with Crippen LogP contribution in [0.25, 0.3) is 10.8 Å². The summed E-state index contributed by atoms with van der Waals surface area (Å²) in [6.45, 7) is 5.47. The largest absolute Gasteiger partial charge is 0.491 e. The van der Waals surface area contributed by atoms with E-state index in [1.54, 1.807) is 0 Å². The van der Waals surface area contributed by atoms with Gasteiger partial charge in [0.25, 0.3) is 0 Å². The number of hydrogen-bond donors (Lipinski definition) is 0. The van der Waals surface area contributed by atoms with Crippen molar-refractivity contribution in [3.8, 4) is 17.2 Å². The van der Waals surface area contributed by atoms with E-state index in [1.807, 2.05) is 66.7 Å². The van der Waals surface area contributed by atoms with Crippen LogP contribution >= 0.6 is 0 Å². The molecule has 0 N–H and O–H groups in total. The molecule has 4 aromatic rings. The lowest BCUT2D eigenvalue weighted by Gasteiger charge is -2.21. The van der Waals surface area contributed by atoms with Gasteiger partial charge in [0.05, 0.1) is 6.61 Å². The van der Waals surface area contributed by atoms with E-state index < -0.39 is 6.29 Å². The van der Waals surface area contributed by atoms with Crippen LogP contribution in [0.2, 0.25) is 0 Å². The summed E-state index contributed by atoms with van der Waals surface area (Å²) in [5.41, 5.74) is 1.30. The molecule has 176 valence electrons. The maximum atomic E-state index is 6.12. The Morgan fingerprint density at radius 1 is 0.676 bits per heavy atom. The highest BCUT2D eigenvalue weighted by Gasteiger charge is 2.14. The third-order valence-corrected chi connectivity index (χ3v) is 5.85. The molecule has 0 heterocycles. The minimum Gasteiger partial charge on any atom is -0.491 e. The van der Waals surface area contributed by atoms with Gasteiger partial charge in [0.2, 0.25) is 6.29 Å². The number of fused-ring (bicyclic) bond motifs is 1. The normalized spacial score (nSPS) is 12.8. The minimum absolute atomic E-state index is 0.269. The lowest BCUT2D eigenvalue weighted by atomic mass is 9.99. The number of benzene rings is 4. The average molecular weight is 457 g/mol. The molecule has 4 nitrogen and oxygen atoms in total. The topological polar surface area (TPSA) is 36.9 Å². The van der Waals surface area contributed by atoms with Crippen LogP contribution in [0.15, 0.2) is 97.1 Å². The van der Waals surface area contributed by atoms with Gasteiger partial charge >= 0.3 is 0 Å². The predicted molar refractivity (Wildman–Crippen MR) is 137 cm³/mol. The lowest BCUT2D eigenvalue weighted by molar-refractivity contribution is -0.107. The fraction of sp³-hybridized carbons (Fsp3) is 0.267. The van der Waals surface area contributed by atoms with Crippen LogP contribution in [-0.4, -0.2) is 26.1 Å². The summed E-state index contributed by atoms with van der Waals surface area (Å²) in [5, 5.41) is 2.24. The third kappa shape index (κ3) is 6.52. The van der Waals surface area contributed by atoms with Crippen molar-refractivity contribution in [1.29, 1.82) is 0 Å². The number of ether oxygens (including phenoxy) is 4. The number of hydrogen-bond acceptors (Lipinski definition) is 4. The molecule has 4 aromatic carbocycles. The van der Waals surface area contributed by atoms with E-state index in [1.165, 1.54) is 5.56 Å². The van der Waals surface area contributed by atoms with Gasteiger partial charge in [-0.1, -0.05) is 80.6 Å². The fourth-order valence-electron chi connectivity index (χ4n) is 3.71. The van der Waals surface area contributed by atoms with Gasteiger partial charge in [-0.05, 0) is 53.6 Å². The maximum Gasteiger partial charge on any atom is 0.234 e. The molecule has 0 saturated carbocycles. The highest BCUT2D eigenvalue weighted by Crippen LogP contribution is 2.25. The SMILES string of the molecule is CCC(C)c1ccc(OC(COc2ccccc2)OCCOc2cccc3ccccc23)cc1. The third-order valence-electron chi connectivity index (χ3n) is 5.85. The van der Waals surface area contributed by atoms with Crippen molar-refractivity contribution in [2.75, 3.05) is 19.8 Å². The van der Waals surface area contributed by atoms with Crippen molar-refractivity contribution in [3.05, 3.63) is 103 Å². The van der Waals surface area contributed by atoms with E-state index in [2.05, 4.69) is 44.2 Å². The van der Waals surface area contributed by atoms with Gasteiger partial charge in [-0.25, -0.2) is 0 Å². The highest BCUT2D eigenvalue weighted by molar-refractivity contribution is 5.88. The second kappa shape index (κ2) is 12.1. The van der Waals surface area contributed by atoms with Crippen molar-refractivity contribution < 1.29 is 18.9 Å². The first kappa shape index (κ1) is 23.7. The zero-order chi connectivity index (χ0) is 23.6. The molecular formula is C30H32O4. The van der Waals surface area contributed by atoms with E-state index in [9.17, 15) is 0 Å². The summed E-state index contributed by atoms with van der Waals surface area (Å²) in [4.78, 5) is 0. The second-order valence-electron chi connectivity index (χ2n) is 8.25. The average Bonchev–Trinajstić information content (AvgIpc) is 2.90. The van der Waals surface area contributed by atoms with Crippen LogP contribution in [0.5, 0.6) is 17.2 Å². The quantitative estimate of drug-likeness (QED) is 0.166. The predicted octanol–water partition coefficient (Wildman–Crippen LogP) is 7.23. The summed E-state index contributed by atoms with van der Waals surface area (Å²) in [6.07, 6.45) is 0.541. The van der Waals surface area contributed by atoms with Crippen LogP contribution < -0.4 is 14.2 Å². The molecule has 4 heteroatoms. The molecule has 0 aliphatic rings. The molecule has 0 spiro atoms. The first-order chi connectivity index (χ1) is 16.7. The van der Waals surface area contributed by atoms with E-state index >= 15 is 0 Å². The Bertz CT molecular complexity index is 1140. The van der Waals surface area contributed by atoms with Crippen LogP contribution in [0.4, 0.5) is 0 Å². The maximum absolute atomic E-state index is 6.12. The van der Waals surface area contributed by atoms with Gasteiger partial charge < -0.3 is 18.9 Å². The monoisotopic (exact) mass is 456 g/mol. The molecule has 0 radical (unpaired) electrons. The summed E-state index contributed by atoms with van der Waals surface area (Å²) in [5.74, 6) is 2.90. The van der Waals surface area contributed by atoms with Crippen molar-refractivity contribution in [3.63, 3.8) is 0 Å². The van der Waals surface area contributed by atoms with Gasteiger partial charge in [-0.2, -0.15) is 0 Å². The molecule has 0 amide bonds. The summed E-state index contributed by atoms with van der Waals surface area (Å²) in [7, 11) is 0. The Hall–Kier alpha value is -3.50. The fourth-order valence-corrected chi connectivity index (χ4v) is 3.71. The van der Waals surface area contributed by atoms with Crippen LogP contribution in [-0.2, 0) is 4.74 Å². The Balaban J connectivity index is 1.36. The summed E-state index contributed by atoms with van der Waals surface area (Å²) in [6, 6.07) is 32.1. The van der Waals surface area contributed by atoms with Crippen LogP contribution in [0.3, 0.4) is 0 Å². The number of para-hydroxylation sites is 1.